The first kappa shape index (κ1) is 18.0. The maximum atomic E-state index is 6.05. The average Bonchev–Trinajstić information content (AvgIpc) is 2.43. The first-order chi connectivity index (χ1) is 9.97. The lowest BCUT2D eigenvalue weighted by molar-refractivity contribution is 0.141. The summed E-state index contributed by atoms with van der Waals surface area (Å²) in [4.78, 5) is 2.45. The molecule has 0 spiro atoms. The first-order valence-electron chi connectivity index (χ1n) is 8.18. The molecule has 0 amide bonds. The van der Waals surface area contributed by atoms with E-state index in [1.807, 2.05) is 6.07 Å². The largest absolute Gasteiger partial charge is 0.492 e. The molecule has 0 aliphatic heterocycles. The first-order valence-corrected chi connectivity index (χ1v) is 8.18. The molecule has 3 heteroatoms. The van der Waals surface area contributed by atoms with Crippen LogP contribution in [0.5, 0.6) is 5.75 Å². The van der Waals surface area contributed by atoms with Gasteiger partial charge in [-0.1, -0.05) is 25.1 Å². The van der Waals surface area contributed by atoms with Gasteiger partial charge in [-0.15, -0.1) is 0 Å². The summed E-state index contributed by atoms with van der Waals surface area (Å²) in [6.45, 7) is 15.9. The van der Waals surface area contributed by atoms with E-state index in [2.05, 4.69) is 70.0 Å². The minimum absolute atomic E-state index is 0.317. The fourth-order valence-corrected chi connectivity index (χ4v) is 2.76. The number of benzene rings is 1. The number of rotatable bonds is 9. The second kappa shape index (κ2) is 9.06. The topological polar surface area (TPSA) is 24.5 Å². The smallest absolute Gasteiger partial charge is 0.124 e. The van der Waals surface area contributed by atoms with Crippen LogP contribution >= 0.6 is 0 Å². The van der Waals surface area contributed by atoms with Crippen LogP contribution in [0.25, 0.3) is 0 Å². The van der Waals surface area contributed by atoms with Gasteiger partial charge in [0.25, 0.3) is 0 Å². The molecule has 1 unspecified atom stereocenters. The van der Waals surface area contributed by atoms with E-state index in [1.54, 1.807) is 0 Å². The summed E-state index contributed by atoms with van der Waals surface area (Å²) < 4.78 is 6.05. The van der Waals surface area contributed by atoms with Crippen LogP contribution in [-0.2, 0) is 0 Å². The molecular formula is C18H32N2O. The quantitative estimate of drug-likeness (QED) is 0.748. The number of hydrogen-bond acceptors (Lipinski definition) is 3. The van der Waals surface area contributed by atoms with Gasteiger partial charge >= 0.3 is 0 Å². The lowest BCUT2D eigenvalue weighted by Gasteiger charge is -2.30. The van der Waals surface area contributed by atoms with Crippen LogP contribution < -0.4 is 10.1 Å². The van der Waals surface area contributed by atoms with E-state index in [0.29, 0.717) is 18.1 Å². The molecular weight excluding hydrogens is 260 g/mol. The van der Waals surface area contributed by atoms with E-state index in [9.17, 15) is 0 Å². The summed E-state index contributed by atoms with van der Waals surface area (Å²) in [5.74, 6) is 0.999. The van der Waals surface area contributed by atoms with Gasteiger partial charge in [0.15, 0.2) is 0 Å². The highest BCUT2D eigenvalue weighted by Gasteiger charge is 2.14. The van der Waals surface area contributed by atoms with Gasteiger partial charge in [-0.2, -0.15) is 0 Å². The SMILES string of the molecule is CCNC(C)c1ccccc1OCCN(C(C)C)C(C)C. The van der Waals surface area contributed by atoms with Crippen molar-refractivity contribution in [2.24, 2.45) is 0 Å². The zero-order valence-electron chi connectivity index (χ0n) is 14.5. The van der Waals surface area contributed by atoms with Gasteiger partial charge in [0.2, 0.25) is 0 Å². The highest BCUT2D eigenvalue weighted by atomic mass is 16.5. The Bertz CT molecular complexity index is 396. The molecule has 1 aromatic carbocycles. The standard InChI is InChI=1S/C18H32N2O/c1-7-19-16(6)17-10-8-9-11-18(17)21-13-12-20(14(2)3)15(4)5/h8-11,14-16,19H,7,12-13H2,1-6H3. The van der Waals surface area contributed by atoms with Gasteiger partial charge in [-0.3, -0.25) is 4.90 Å². The van der Waals surface area contributed by atoms with Crippen LogP contribution in [0.1, 0.15) is 53.1 Å². The normalized spacial score (nSPS) is 13.2. The highest BCUT2D eigenvalue weighted by Crippen LogP contribution is 2.24. The van der Waals surface area contributed by atoms with Gasteiger partial charge in [0, 0.05) is 30.2 Å². The summed E-state index contributed by atoms with van der Waals surface area (Å²) in [6.07, 6.45) is 0. The Morgan fingerprint density at radius 1 is 1.05 bits per heavy atom. The fourth-order valence-electron chi connectivity index (χ4n) is 2.76. The Morgan fingerprint density at radius 3 is 2.24 bits per heavy atom. The van der Waals surface area contributed by atoms with Crippen LogP contribution in [0.4, 0.5) is 0 Å². The van der Waals surface area contributed by atoms with Crippen molar-refractivity contribution in [3.8, 4) is 5.75 Å². The zero-order valence-corrected chi connectivity index (χ0v) is 14.5. The molecule has 0 saturated heterocycles. The van der Waals surface area contributed by atoms with Crippen molar-refractivity contribution in [1.82, 2.24) is 10.2 Å². The third-order valence-corrected chi connectivity index (χ3v) is 3.83. The van der Waals surface area contributed by atoms with Crippen LogP contribution in [0.15, 0.2) is 24.3 Å². The van der Waals surface area contributed by atoms with Crippen molar-refractivity contribution in [3.05, 3.63) is 29.8 Å². The Balaban J connectivity index is 2.63. The molecule has 0 bridgehead atoms. The van der Waals surface area contributed by atoms with E-state index in [-0.39, 0.29) is 0 Å². The Kier molecular flexibility index (Phi) is 7.76. The summed E-state index contributed by atoms with van der Waals surface area (Å²) in [6, 6.07) is 9.74. The molecule has 0 aromatic heterocycles. The molecule has 1 rings (SSSR count). The molecule has 3 nitrogen and oxygen atoms in total. The van der Waals surface area contributed by atoms with Crippen LogP contribution in [0, 0.1) is 0 Å². The van der Waals surface area contributed by atoms with Crippen molar-refractivity contribution < 1.29 is 4.74 Å². The van der Waals surface area contributed by atoms with Gasteiger partial charge < -0.3 is 10.1 Å². The van der Waals surface area contributed by atoms with Crippen LogP contribution in [0.2, 0.25) is 0 Å². The van der Waals surface area contributed by atoms with Gasteiger partial charge in [-0.25, -0.2) is 0 Å². The van der Waals surface area contributed by atoms with Crippen LogP contribution in [0.3, 0.4) is 0 Å². The van der Waals surface area contributed by atoms with Gasteiger partial charge in [0.05, 0.1) is 0 Å². The van der Waals surface area contributed by atoms with E-state index in [1.165, 1.54) is 5.56 Å². The van der Waals surface area contributed by atoms with Crippen molar-refractivity contribution in [3.63, 3.8) is 0 Å². The molecule has 1 atom stereocenters. The Hall–Kier alpha value is -1.06. The van der Waals surface area contributed by atoms with E-state index in [4.69, 9.17) is 4.74 Å². The van der Waals surface area contributed by atoms with Crippen molar-refractivity contribution in [2.45, 2.75) is 59.7 Å². The summed E-state index contributed by atoms with van der Waals surface area (Å²) >= 11 is 0. The summed E-state index contributed by atoms with van der Waals surface area (Å²) in [7, 11) is 0. The van der Waals surface area contributed by atoms with Crippen molar-refractivity contribution >= 4 is 0 Å². The Morgan fingerprint density at radius 2 is 1.67 bits per heavy atom. The molecule has 0 saturated carbocycles. The van der Waals surface area contributed by atoms with Gasteiger partial charge in [0.1, 0.15) is 12.4 Å². The number of para-hydroxylation sites is 1. The van der Waals surface area contributed by atoms with Crippen molar-refractivity contribution in [1.29, 1.82) is 0 Å². The second-order valence-electron chi connectivity index (χ2n) is 6.09. The van der Waals surface area contributed by atoms with E-state index >= 15 is 0 Å². The fraction of sp³-hybridized carbons (Fsp3) is 0.667. The summed E-state index contributed by atoms with van der Waals surface area (Å²) in [5, 5.41) is 3.45. The third-order valence-electron chi connectivity index (χ3n) is 3.83. The maximum Gasteiger partial charge on any atom is 0.124 e. The number of nitrogens with zero attached hydrogens (tertiary/aromatic N) is 1. The number of ether oxygens (including phenoxy) is 1. The van der Waals surface area contributed by atoms with Crippen LogP contribution in [-0.4, -0.2) is 36.7 Å². The van der Waals surface area contributed by atoms with E-state index < -0.39 is 0 Å². The third kappa shape index (κ3) is 5.68. The summed E-state index contributed by atoms with van der Waals surface area (Å²) in [5.41, 5.74) is 1.24. The van der Waals surface area contributed by atoms with Gasteiger partial charge in [-0.05, 0) is 47.2 Å². The molecule has 0 radical (unpaired) electrons. The molecule has 21 heavy (non-hydrogen) atoms. The number of nitrogens with one attached hydrogen (secondary N) is 1. The number of hydrogen-bond donors (Lipinski definition) is 1. The molecule has 0 fully saturated rings. The predicted octanol–water partition coefficient (Wildman–Crippen LogP) is 3.85. The second-order valence-corrected chi connectivity index (χ2v) is 6.09. The molecule has 0 aliphatic carbocycles. The monoisotopic (exact) mass is 292 g/mol. The minimum Gasteiger partial charge on any atom is -0.492 e. The molecule has 120 valence electrons. The maximum absolute atomic E-state index is 6.05. The molecule has 1 aromatic rings. The Labute approximate surface area is 130 Å². The molecule has 0 aliphatic rings. The predicted molar refractivity (Wildman–Crippen MR) is 91.0 cm³/mol. The molecule has 0 heterocycles. The lowest BCUT2D eigenvalue weighted by atomic mass is 10.1. The van der Waals surface area contributed by atoms with E-state index in [0.717, 1.165) is 25.4 Å². The van der Waals surface area contributed by atoms with Crippen molar-refractivity contribution in [2.75, 3.05) is 19.7 Å². The lowest BCUT2D eigenvalue weighted by Crippen LogP contribution is -2.39. The highest BCUT2D eigenvalue weighted by molar-refractivity contribution is 5.35. The average molecular weight is 292 g/mol. The molecule has 1 N–H and O–H groups in total. The minimum atomic E-state index is 0.317. The zero-order chi connectivity index (χ0) is 15.8.